The quantitative estimate of drug-likeness (QED) is 0.469. The van der Waals surface area contributed by atoms with Gasteiger partial charge in [0.05, 0.1) is 0 Å². The first-order chi connectivity index (χ1) is 11.3. The molecule has 1 aromatic rings. The van der Waals surface area contributed by atoms with Crippen molar-refractivity contribution in [2.24, 2.45) is 0 Å². The Kier molecular flexibility index (Phi) is 5.52. The van der Waals surface area contributed by atoms with Crippen LogP contribution in [0.25, 0.3) is 0 Å². The SMILES string of the molecule is C/C(Nc1ccc(C)cc1)=C(\C#N)C(=O)C(F)(F)C(F)(F)C(F)(F)F. The summed E-state index contributed by atoms with van der Waals surface area (Å²) in [5, 5.41) is 11.1. The minimum Gasteiger partial charge on any atom is -0.358 e. The number of carbonyl (C=O) groups is 1. The molecule has 1 N–H and O–H groups in total. The molecule has 25 heavy (non-hydrogen) atoms. The minimum atomic E-state index is -6.66. The van der Waals surface area contributed by atoms with Crippen molar-refractivity contribution in [2.45, 2.75) is 31.9 Å². The highest BCUT2D eigenvalue weighted by atomic mass is 19.4. The molecule has 10 heteroatoms. The highest BCUT2D eigenvalue weighted by Crippen LogP contribution is 2.47. The summed E-state index contributed by atoms with van der Waals surface area (Å²) in [4.78, 5) is 11.5. The topological polar surface area (TPSA) is 52.9 Å². The molecule has 0 amide bonds. The second-order valence-electron chi connectivity index (χ2n) is 5.08. The van der Waals surface area contributed by atoms with E-state index in [9.17, 15) is 35.5 Å². The molecule has 0 radical (unpaired) electrons. The first-order valence-corrected chi connectivity index (χ1v) is 6.57. The molecule has 0 unspecified atom stereocenters. The number of ketones is 1. The van der Waals surface area contributed by atoms with E-state index >= 15 is 0 Å². The standard InChI is InChI=1S/C15H11F7N2O/c1-8-3-5-10(6-4-8)24-9(2)11(7-23)12(25)13(16,17)14(18,19)15(20,21)22/h3-6,24H,1-2H3/b11-9-. The third kappa shape index (κ3) is 3.92. The number of Topliss-reactive ketones (excluding diaryl/α,β-unsaturated/α-hetero) is 1. The van der Waals surface area contributed by atoms with Crippen LogP contribution in [0, 0.1) is 18.3 Å². The van der Waals surface area contributed by atoms with Gasteiger partial charge >= 0.3 is 18.0 Å². The third-order valence-corrected chi connectivity index (χ3v) is 3.13. The van der Waals surface area contributed by atoms with Crippen molar-refractivity contribution in [3.05, 3.63) is 41.1 Å². The molecule has 3 nitrogen and oxygen atoms in total. The second-order valence-corrected chi connectivity index (χ2v) is 5.08. The summed E-state index contributed by atoms with van der Waals surface area (Å²) in [7, 11) is 0. The maximum atomic E-state index is 13.4. The van der Waals surface area contributed by atoms with Crippen molar-refractivity contribution in [1.29, 1.82) is 5.26 Å². The average molecular weight is 368 g/mol. The largest absolute Gasteiger partial charge is 0.460 e. The van der Waals surface area contributed by atoms with Gasteiger partial charge in [-0.2, -0.15) is 36.0 Å². The van der Waals surface area contributed by atoms with Crippen LogP contribution in [0.1, 0.15) is 12.5 Å². The van der Waals surface area contributed by atoms with Crippen LogP contribution in [-0.2, 0) is 4.79 Å². The minimum absolute atomic E-state index is 0.217. The molecular formula is C15H11F7N2O. The molecule has 0 atom stereocenters. The van der Waals surface area contributed by atoms with Crippen LogP contribution in [0.15, 0.2) is 35.5 Å². The van der Waals surface area contributed by atoms with Gasteiger partial charge in [0.2, 0.25) is 0 Å². The molecule has 0 bridgehead atoms. The number of rotatable bonds is 5. The lowest BCUT2D eigenvalue weighted by molar-refractivity contribution is -0.342. The zero-order valence-electron chi connectivity index (χ0n) is 12.8. The Hall–Kier alpha value is -2.57. The van der Waals surface area contributed by atoms with Gasteiger partial charge in [-0.25, -0.2) is 0 Å². The number of halogens is 7. The van der Waals surface area contributed by atoms with Crippen molar-refractivity contribution in [3.8, 4) is 6.07 Å². The van der Waals surface area contributed by atoms with E-state index in [1.54, 1.807) is 19.1 Å². The zero-order chi connectivity index (χ0) is 19.6. The lowest BCUT2D eigenvalue weighted by Gasteiger charge is -2.27. The first-order valence-electron chi connectivity index (χ1n) is 6.57. The van der Waals surface area contributed by atoms with Crippen LogP contribution in [-0.4, -0.2) is 23.8 Å². The lowest BCUT2D eigenvalue weighted by Crippen LogP contribution is -2.56. The van der Waals surface area contributed by atoms with Gasteiger partial charge in [0.15, 0.2) is 0 Å². The van der Waals surface area contributed by atoms with E-state index in [0.29, 0.717) is 0 Å². The monoisotopic (exact) mass is 368 g/mol. The Morgan fingerprint density at radius 1 is 1.04 bits per heavy atom. The number of nitrogens with zero attached hydrogens (tertiary/aromatic N) is 1. The van der Waals surface area contributed by atoms with Crippen molar-refractivity contribution >= 4 is 11.5 Å². The van der Waals surface area contributed by atoms with Gasteiger partial charge in [-0.3, -0.25) is 4.79 Å². The van der Waals surface area contributed by atoms with Gasteiger partial charge in [-0.1, -0.05) is 17.7 Å². The summed E-state index contributed by atoms with van der Waals surface area (Å²) >= 11 is 0. The zero-order valence-corrected chi connectivity index (χ0v) is 12.8. The maximum absolute atomic E-state index is 13.4. The fourth-order valence-electron chi connectivity index (χ4n) is 1.70. The summed E-state index contributed by atoms with van der Waals surface area (Å²) in [6.45, 7) is 2.66. The summed E-state index contributed by atoms with van der Waals surface area (Å²) in [6, 6.07) is 6.97. The number of carbonyl (C=O) groups excluding carboxylic acids is 1. The van der Waals surface area contributed by atoms with Gasteiger partial charge in [0.1, 0.15) is 11.6 Å². The van der Waals surface area contributed by atoms with Gasteiger partial charge in [0, 0.05) is 11.4 Å². The van der Waals surface area contributed by atoms with E-state index in [4.69, 9.17) is 5.26 Å². The fraction of sp³-hybridized carbons (Fsp3) is 0.333. The Balaban J connectivity index is 3.27. The number of benzene rings is 1. The van der Waals surface area contributed by atoms with Crippen LogP contribution in [0.4, 0.5) is 36.4 Å². The number of nitrogens with one attached hydrogen (secondary N) is 1. The van der Waals surface area contributed by atoms with E-state index in [0.717, 1.165) is 18.6 Å². The Bertz CT molecular complexity index is 728. The van der Waals surface area contributed by atoms with Gasteiger partial charge < -0.3 is 5.32 Å². The van der Waals surface area contributed by atoms with Crippen molar-refractivity contribution in [3.63, 3.8) is 0 Å². The number of nitriles is 1. The van der Waals surface area contributed by atoms with Gasteiger partial charge in [0.25, 0.3) is 5.78 Å². The molecule has 136 valence electrons. The number of allylic oxidation sites excluding steroid dienone is 2. The van der Waals surface area contributed by atoms with E-state index in [-0.39, 0.29) is 5.69 Å². The van der Waals surface area contributed by atoms with E-state index in [1.807, 2.05) is 0 Å². The molecule has 0 fully saturated rings. The van der Waals surface area contributed by atoms with E-state index in [2.05, 4.69) is 5.32 Å². The van der Waals surface area contributed by atoms with Gasteiger partial charge in [-0.05, 0) is 26.0 Å². The summed E-state index contributed by atoms with van der Waals surface area (Å²) in [5.74, 6) is -15.7. The van der Waals surface area contributed by atoms with E-state index < -0.39 is 35.1 Å². The predicted molar refractivity (Wildman–Crippen MR) is 74.1 cm³/mol. The molecule has 0 aromatic heterocycles. The Labute approximate surface area is 137 Å². The van der Waals surface area contributed by atoms with Crippen LogP contribution in [0.2, 0.25) is 0 Å². The molecule has 0 spiro atoms. The maximum Gasteiger partial charge on any atom is 0.460 e. The highest BCUT2D eigenvalue weighted by Gasteiger charge is 2.76. The van der Waals surface area contributed by atoms with Crippen LogP contribution < -0.4 is 5.32 Å². The number of alkyl halides is 7. The van der Waals surface area contributed by atoms with Crippen LogP contribution in [0.5, 0.6) is 0 Å². The third-order valence-electron chi connectivity index (χ3n) is 3.13. The number of hydrogen-bond donors (Lipinski definition) is 1. The highest BCUT2D eigenvalue weighted by molar-refractivity contribution is 6.05. The Morgan fingerprint density at radius 2 is 1.52 bits per heavy atom. The smallest absolute Gasteiger partial charge is 0.358 e. The van der Waals surface area contributed by atoms with Gasteiger partial charge in [-0.15, -0.1) is 0 Å². The summed E-state index contributed by atoms with van der Waals surface area (Å²) < 4.78 is 89.2. The molecule has 0 saturated carbocycles. The molecule has 0 saturated heterocycles. The second kappa shape index (κ2) is 6.74. The van der Waals surface area contributed by atoms with Crippen molar-refractivity contribution < 1.29 is 35.5 Å². The van der Waals surface area contributed by atoms with Crippen LogP contribution in [0.3, 0.4) is 0 Å². The predicted octanol–water partition coefficient (Wildman–Crippen LogP) is 4.61. The molecule has 0 heterocycles. The Morgan fingerprint density at radius 3 is 1.92 bits per heavy atom. The molecule has 1 aromatic carbocycles. The molecule has 1 rings (SSSR count). The number of aryl methyl sites for hydroxylation is 1. The summed E-state index contributed by atoms with van der Waals surface area (Å²) in [5.41, 5.74) is -1.09. The first kappa shape index (κ1) is 20.5. The average Bonchev–Trinajstić information content (AvgIpc) is 2.48. The van der Waals surface area contributed by atoms with Crippen molar-refractivity contribution in [2.75, 3.05) is 5.32 Å². The van der Waals surface area contributed by atoms with Crippen LogP contribution >= 0.6 is 0 Å². The normalized spacial score (nSPS) is 13.8. The molecule has 0 aliphatic rings. The molecular weight excluding hydrogens is 357 g/mol. The van der Waals surface area contributed by atoms with Crippen molar-refractivity contribution in [1.82, 2.24) is 0 Å². The molecule has 0 aliphatic carbocycles. The summed E-state index contributed by atoms with van der Waals surface area (Å²) in [6.07, 6.45) is -6.66. The number of hydrogen-bond acceptors (Lipinski definition) is 3. The number of anilines is 1. The fourth-order valence-corrected chi connectivity index (χ4v) is 1.70. The molecule has 0 aliphatic heterocycles. The lowest BCUT2D eigenvalue weighted by atomic mass is 9.99. The van der Waals surface area contributed by atoms with E-state index in [1.165, 1.54) is 12.1 Å².